The van der Waals surface area contributed by atoms with Crippen LogP contribution in [0.1, 0.15) is 5.56 Å². The quantitative estimate of drug-likeness (QED) is 0.400. The summed E-state index contributed by atoms with van der Waals surface area (Å²) in [4.78, 5) is 10.4. The number of halogens is 3. The second-order valence-electron chi connectivity index (χ2n) is 3.86. The molecule has 0 saturated heterocycles. The van der Waals surface area contributed by atoms with Gasteiger partial charge in [0.25, 0.3) is 5.69 Å². The van der Waals surface area contributed by atoms with Crippen LogP contribution in [-0.2, 0) is 5.33 Å². The van der Waals surface area contributed by atoms with E-state index in [0.717, 1.165) is 0 Å². The summed E-state index contributed by atoms with van der Waals surface area (Å²) in [6.07, 6.45) is 0. The van der Waals surface area contributed by atoms with Crippen LogP contribution in [0.2, 0.25) is 0 Å². The molecule has 0 aromatic heterocycles. The minimum Gasteiger partial charge on any atom is -0.456 e. The Morgan fingerprint density at radius 1 is 1.25 bits per heavy atom. The van der Waals surface area contributed by atoms with Gasteiger partial charge in [-0.3, -0.25) is 10.1 Å². The molecule has 0 spiro atoms. The average Bonchev–Trinajstić information content (AvgIpc) is 2.42. The van der Waals surface area contributed by atoms with Gasteiger partial charge in [0.1, 0.15) is 17.3 Å². The minimum atomic E-state index is -0.460. The molecule has 20 heavy (non-hydrogen) atoms. The van der Waals surface area contributed by atoms with E-state index in [2.05, 4.69) is 31.9 Å². The molecule has 0 atom stereocenters. The molecule has 0 unspecified atom stereocenters. The Morgan fingerprint density at radius 2 is 2.00 bits per heavy atom. The Hall–Kier alpha value is -1.47. The van der Waals surface area contributed by atoms with Crippen LogP contribution in [0.5, 0.6) is 11.5 Å². The normalized spacial score (nSPS) is 10.3. The molecule has 0 amide bonds. The second-order valence-corrected chi connectivity index (χ2v) is 5.27. The van der Waals surface area contributed by atoms with Crippen LogP contribution in [0.15, 0.2) is 40.9 Å². The number of alkyl halides is 1. The van der Waals surface area contributed by atoms with Crippen LogP contribution in [0.25, 0.3) is 0 Å². The molecule has 0 saturated carbocycles. The molecule has 0 heterocycles. The van der Waals surface area contributed by atoms with E-state index in [9.17, 15) is 14.5 Å². The van der Waals surface area contributed by atoms with Gasteiger partial charge >= 0.3 is 0 Å². The Morgan fingerprint density at radius 3 is 2.65 bits per heavy atom. The van der Waals surface area contributed by atoms with E-state index in [4.69, 9.17) is 4.74 Å². The molecule has 0 radical (unpaired) electrons. The number of benzene rings is 2. The Labute approximate surface area is 131 Å². The fraction of sp³-hybridized carbons (Fsp3) is 0.0769. The van der Waals surface area contributed by atoms with Gasteiger partial charge in [-0.25, -0.2) is 4.39 Å². The highest BCUT2D eigenvalue weighted by molar-refractivity contribution is 9.10. The van der Waals surface area contributed by atoms with E-state index in [-0.39, 0.29) is 5.69 Å². The van der Waals surface area contributed by atoms with Crippen molar-refractivity contribution in [2.24, 2.45) is 0 Å². The molecule has 7 heteroatoms. The molecular weight excluding hydrogens is 397 g/mol. The highest BCUT2D eigenvalue weighted by atomic mass is 79.9. The van der Waals surface area contributed by atoms with Crippen molar-refractivity contribution in [2.45, 2.75) is 5.33 Å². The lowest BCUT2D eigenvalue weighted by atomic mass is 10.2. The highest BCUT2D eigenvalue weighted by Crippen LogP contribution is 2.33. The van der Waals surface area contributed by atoms with Gasteiger partial charge in [-0.05, 0) is 40.2 Å². The van der Waals surface area contributed by atoms with Crippen LogP contribution in [0, 0.1) is 15.9 Å². The van der Waals surface area contributed by atoms with Gasteiger partial charge in [-0.15, -0.1) is 0 Å². The largest absolute Gasteiger partial charge is 0.456 e. The third-order valence-electron chi connectivity index (χ3n) is 2.51. The van der Waals surface area contributed by atoms with Gasteiger partial charge in [0, 0.05) is 23.0 Å². The number of nitro benzene ring substituents is 1. The predicted octanol–water partition coefficient (Wildman–Crippen LogP) is 5.18. The lowest BCUT2D eigenvalue weighted by Gasteiger charge is -2.09. The highest BCUT2D eigenvalue weighted by Gasteiger charge is 2.14. The zero-order chi connectivity index (χ0) is 14.7. The molecule has 2 rings (SSSR count). The molecule has 0 aliphatic heterocycles. The molecule has 0 aliphatic rings. The minimum absolute atomic E-state index is 0.00697. The first kappa shape index (κ1) is 14.9. The molecule has 0 fully saturated rings. The monoisotopic (exact) mass is 403 g/mol. The number of nitro groups is 1. The predicted molar refractivity (Wildman–Crippen MR) is 79.9 cm³/mol. The first-order valence-electron chi connectivity index (χ1n) is 5.47. The third-order valence-corrected chi connectivity index (χ3v) is 3.77. The summed E-state index contributed by atoms with van der Waals surface area (Å²) in [6.45, 7) is 0. The number of ether oxygens (including phenoxy) is 1. The van der Waals surface area contributed by atoms with Crippen molar-refractivity contribution in [1.29, 1.82) is 0 Å². The zero-order valence-electron chi connectivity index (χ0n) is 9.98. The molecule has 2 aromatic carbocycles. The van der Waals surface area contributed by atoms with Crippen LogP contribution in [0.4, 0.5) is 10.1 Å². The Balaban J connectivity index is 2.34. The van der Waals surface area contributed by atoms with Crippen LogP contribution >= 0.6 is 31.9 Å². The van der Waals surface area contributed by atoms with E-state index in [1.165, 1.54) is 30.3 Å². The van der Waals surface area contributed by atoms with Gasteiger partial charge in [0.15, 0.2) is 0 Å². The lowest BCUT2D eigenvalue weighted by Crippen LogP contribution is -1.94. The summed E-state index contributed by atoms with van der Waals surface area (Å²) in [5.74, 6) is 0.279. The van der Waals surface area contributed by atoms with E-state index < -0.39 is 10.7 Å². The number of nitrogens with zero attached hydrogens (tertiary/aromatic N) is 1. The second kappa shape index (κ2) is 6.32. The standard InChI is InChI=1S/C13H8Br2FNO3/c14-7-8-5-10(2-4-12(8)17(18)19)20-13-6-9(16)1-3-11(13)15/h1-6H,7H2. The maximum Gasteiger partial charge on any atom is 0.273 e. The van der Waals surface area contributed by atoms with Crippen molar-refractivity contribution in [1.82, 2.24) is 0 Å². The van der Waals surface area contributed by atoms with Gasteiger partial charge < -0.3 is 4.74 Å². The molecule has 0 aliphatic carbocycles. The maximum atomic E-state index is 13.2. The van der Waals surface area contributed by atoms with Crippen molar-refractivity contribution < 1.29 is 14.1 Å². The van der Waals surface area contributed by atoms with Crippen molar-refractivity contribution in [3.05, 3.63) is 62.4 Å². The van der Waals surface area contributed by atoms with E-state index in [1.807, 2.05) is 0 Å². The summed E-state index contributed by atoms with van der Waals surface area (Å²) < 4.78 is 19.3. The summed E-state index contributed by atoms with van der Waals surface area (Å²) in [5.41, 5.74) is 0.493. The number of hydrogen-bond donors (Lipinski definition) is 0. The van der Waals surface area contributed by atoms with Crippen LogP contribution in [0.3, 0.4) is 0 Å². The van der Waals surface area contributed by atoms with Gasteiger partial charge in [-0.2, -0.15) is 0 Å². The van der Waals surface area contributed by atoms with E-state index >= 15 is 0 Å². The Bertz CT molecular complexity index is 664. The van der Waals surface area contributed by atoms with Gasteiger partial charge in [0.05, 0.1) is 9.40 Å². The Kier molecular flexibility index (Phi) is 4.72. The van der Waals surface area contributed by atoms with Crippen molar-refractivity contribution in [3.8, 4) is 11.5 Å². The third kappa shape index (κ3) is 3.34. The summed E-state index contributed by atoms with van der Waals surface area (Å²) in [5, 5.41) is 11.2. The fourth-order valence-electron chi connectivity index (χ4n) is 1.59. The van der Waals surface area contributed by atoms with Gasteiger partial charge in [-0.1, -0.05) is 15.9 Å². The van der Waals surface area contributed by atoms with Crippen molar-refractivity contribution in [3.63, 3.8) is 0 Å². The first-order chi connectivity index (χ1) is 9.51. The van der Waals surface area contributed by atoms with Crippen LogP contribution in [-0.4, -0.2) is 4.92 Å². The number of rotatable bonds is 4. The molecular formula is C13H8Br2FNO3. The summed E-state index contributed by atoms with van der Waals surface area (Å²) >= 11 is 6.45. The maximum absolute atomic E-state index is 13.2. The molecule has 4 nitrogen and oxygen atoms in total. The van der Waals surface area contributed by atoms with E-state index in [0.29, 0.717) is 26.9 Å². The molecule has 0 N–H and O–H groups in total. The van der Waals surface area contributed by atoms with Crippen molar-refractivity contribution >= 4 is 37.5 Å². The van der Waals surface area contributed by atoms with Crippen molar-refractivity contribution in [2.75, 3.05) is 0 Å². The number of hydrogen-bond acceptors (Lipinski definition) is 3. The summed E-state index contributed by atoms with van der Waals surface area (Å²) in [7, 11) is 0. The fourth-order valence-corrected chi connectivity index (χ4v) is 2.37. The molecule has 104 valence electrons. The van der Waals surface area contributed by atoms with Crippen LogP contribution < -0.4 is 4.74 Å². The lowest BCUT2D eigenvalue weighted by molar-refractivity contribution is -0.385. The van der Waals surface area contributed by atoms with E-state index in [1.54, 1.807) is 6.07 Å². The zero-order valence-corrected chi connectivity index (χ0v) is 13.1. The topological polar surface area (TPSA) is 52.4 Å². The SMILES string of the molecule is O=[N+]([O-])c1ccc(Oc2cc(F)ccc2Br)cc1CBr. The molecule has 0 bridgehead atoms. The first-order valence-corrected chi connectivity index (χ1v) is 7.39. The smallest absolute Gasteiger partial charge is 0.273 e. The van der Waals surface area contributed by atoms with Gasteiger partial charge in [0.2, 0.25) is 0 Å². The molecule has 2 aromatic rings. The average molecular weight is 405 g/mol. The summed E-state index contributed by atoms with van der Waals surface area (Å²) in [6, 6.07) is 8.45.